The molecule has 1 heterocycles. The summed E-state index contributed by atoms with van der Waals surface area (Å²) in [6.45, 7) is 2.90. The summed E-state index contributed by atoms with van der Waals surface area (Å²) in [6, 6.07) is 20.9. The van der Waals surface area contributed by atoms with Crippen molar-refractivity contribution in [2.24, 2.45) is 0 Å². The number of benzene rings is 2. The van der Waals surface area contributed by atoms with Gasteiger partial charge >= 0.3 is 0 Å². The first-order chi connectivity index (χ1) is 14.0. The quantitative estimate of drug-likeness (QED) is 0.585. The molecule has 0 saturated heterocycles. The highest BCUT2D eigenvalue weighted by atomic mass is 32.1. The average molecular weight is 408 g/mol. The molecule has 2 N–H and O–H groups in total. The van der Waals surface area contributed by atoms with Crippen LogP contribution in [0.15, 0.2) is 72.1 Å². The largest absolute Gasteiger partial charge is 0.350 e. The minimum Gasteiger partial charge on any atom is -0.350 e. The lowest BCUT2D eigenvalue weighted by Gasteiger charge is -2.25. The fourth-order valence-corrected chi connectivity index (χ4v) is 3.59. The number of hydrogen-bond donors (Lipinski definition) is 2. The molecule has 0 fully saturated rings. The van der Waals surface area contributed by atoms with Crippen molar-refractivity contribution >= 4 is 28.8 Å². The first-order valence-electron chi connectivity index (χ1n) is 9.48. The summed E-state index contributed by atoms with van der Waals surface area (Å²) in [7, 11) is 1.92. The molecule has 29 heavy (non-hydrogen) atoms. The van der Waals surface area contributed by atoms with Crippen LogP contribution in [-0.2, 0) is 11.3 Å². The van der Waals surface area contributed by atoms with E-state index in [9.17, 15) is 9.59 Å². The van der Waals surface area contributed by atoms with Crippen molar-refractivity contribution in [3.05, 3.63) is 88.1 Å². The van der Waals surface area contributed by atoms with Gasteiger partial charge in [-0.2, -0.15) is 0 Å². The Kier molecular flexibility index (Phi) is 7.16. The van der Waals surface area contributed by atoms with E-state index in [4.69, 9.17) is 0 Å². The van der Waals surface area contributed by atoms with Crippen LogP contribution in [0.1, 0.15) is 33.8 Å². The van der Waals surface area contributed by atoms with E-state index in [0.717, 1.165) is 16.1 Å². The van der Waals surface area contributed by atoms with Crippen molar-refractivity contribution in [3.63, 3.8) is 0 Å². The molecule has 6 heteroatoms. The van der Waals surface area contributed by atoms with Crippen molar-refractivity contribution in [1.82, 2.24) is 10.2 Å². The van der Waals surface area contributed by atoms with Crippen LogP contribution in [0.4, 0.5) is 5.69 Å². The molecule has 0 bridgehead atoms. The van der Waals surface area contributed by atoms with Crippen LogP contribution >= 0.6 is 11.3 Å². The highest BCUT2D eigenvalue weighted by molar-refractivity contribution is 7.09. The summed E-state index contributed by atoms with van der Waals surface area (Å²) in [5.41, 5.74) is 2.38. The second-order valence-corrected chi connectivity index (χ2v) is 7.93. The molecule has 150 valence electrons. The van der Waals surface area contributed by atoms with Crippen molar-refractivity contribution in [2.45, 2.75) is 19.5 Å². The molecule has 5 nitrogen and oxygen atoms in total. The van der Waals surface area contributed by atoms with Gasteiger partial charge in [0.25, 0.3) is 5.91 Å². The summed E-state index contributed by atoms with van der Waals surface area (Å²) in [5, 5.41) is 7.88. The second kappa shape index (κ2) is 10.0. The Hall–Kier alpha value is -2.96. The standard InChI is InChI=1S/C23H25N3O2S/c1-17(26(2)16-22(27)24-15-21-12-7-13-29-21)19-10-6-11-20(14-19)25-23(28)18-8-4-3-5-9-18/h3-14,17H,15-16H2,1-2H3,(H,24,27)(H,25,28)/t17-/m0/s1. The predicted octanol–water partition coefficient (Wildman–Crippen LogP) is 4.31. The number of likely N-dealkylation sites (N-methyl/N-ethyl adjacent to an activating group) is 1. The fourth-order valence-electron chi connectivity index (χ4n) is 2.94. The molecule has 3 aromatic rings. The Balaban J connectivity index is 1.57. The lowest BCUT2D eigenvalue weighted by molar-refractivity contribution is -0.122. The van der Waals surface area contributed by atoms with Crippen LogP contribution in [0.2, 0.25) is 0 Å². The van der Waals surface area contributed by atoms with Crippen molar-refractivity contribution in [2.75, 3.05) is 18.9 Å². The smallest absolute Gasteiger partial charge is 0.255 e. The van der Waals surface area contributed by atoms with Gasteiger partial charge in [0.1, 0.15) is 0 Å². The Labute approximate surface area is 175 Å². The third-order valence-corrected chi connectivity index (χ3v) is 5.63. The maximum atomic E-state index is 12.4. The molecule has 1 atom stereocenters. The zero-order valence-electron chi connectivity index (χ0n) is 16.6. The van der Waals surface area contributed by atoms with E-state index in [0.29, 0.717) is 18.7 Å². The molecule has 0 saturated carbocycles. The topological polar surface area (TPSA) is 61.4 Å². The Morgan fingerprint density at radius 3 is 2.55 bits per heavy atom. The normalized spacial score (nSPS) is 11.8. The molecule has 3 rings (SSSR count). The van der Waals surface area contributed by atoms with Crippen LogP contribution < -0.4 is 10.6 Å². The number of nitrogens with one attached hydrogen (secondary N) is 2. The lowest BCUT2D eigenvalue weighted by Crippen LogP contribution is -2.36. The SMILES string of the molecule is C[C@@H](c1cccc(NC(=O)c2ccccc2)c1)N(C)CC(=O)NCc1cccs1. The summed E-state index contributed by atoms with van der Waals surface area (Å²) in [4.78, 5) is 27.7. The van der Waals surface area contributed by atoms with Crippen molar-refractivity contribution in [3.8, 4) is 0 Å². The number of thiophene rings is 1. The molecule has 2 aromatic carbocycles. The Morgan fingerprint density at radius 1 is 1.03 bits per heavy atom. The number of nitrogens with zero attached hydrogens (tertiary/aromatic N) is 1. The predicted molar refractivity (Wildman–Crippen MR) is 118 cm³/mol. The maximum absolute atomic E-state index is 12.4. The number of carbonyl (C=O) groups is 2. The van der Waals surface area contributed by atoms with Gasteiger partial charge in [-0.25, -0.2) is 0 Å². The molecule has 0 radical (unpaired) electrons. The van der Waals surface area contributed by atoms with Gasteiger partial charge in [-0.15, -0.1) is 11.3 Å². The minimum absolute atomic E-state index is 0.0127. The molecule has 0 spiro atoms. The zero-order chi connectivity index (χ0) is 20.6. The van der Waals surface area contributed by atoms with Gasteiger partial charge < -0.3 is 10.6 Å². The number of amides is 2. The van der Waals surface area contributed by atoms with Gasteiger partial charge in [-0.05, 0) is 55.2 Å². The molecule has 0 aliphatic rings. The first-order valence-corrected chi connectivity index (χ1v) is 10.4. The lowest BCUT2D eigenvalue weighted by atomic mass is 10.1. The summed E-state index contributed by atoms with van der Waals surface area (Å²) in [6.07, 6.45) is 0. The molecular formula is C23H25N3O2S. The van der Waals surface area contributed by atoms with Gasteiger partial charge in [0.2, 0.25) is 5.91 Å². The number of carbonyl (C=O) groups excluding carboxylic acids is 2. The van der Waals surface area contributed by atoms with Crippen molar-refractivity contribution in [1.29, 1.82) is 0 Å². The van der Waals surface area contributed by atoms with E-state index >= 15 is 0 Å². The molecular weight excluding hydrogens is 382 g/mol. The van der Waals surface area contributed by atoms with Gasteiger partial charge in [0.15, 0.2) is 0 Å². The van der Waals surface area contributed by atoms with Crippen LogP contribution in [0.5, 0.6) is 0 Å². The maximum Gasteiger partial charge on any atom is 0.255 e. The number of anilines is 1. The average Bonchev–Trinajstić information content (AvgIpc) is 3.26. The van der Waals surface area contributed by atoms with E-state index in [1.807, 2.05) is 78.8 Å². The third-order valence-electron chi connectivity index (χ3n) is 4.76. The van der Waals surface area contributed by atoms with Crippen molar-refractivity contribution < 1.29 is 9.59 Å². The van der Waals surface area contributed by atoms with Gasteiger partial charge in [0, 0.05) is 22.2 Å². The van der Waals surface area contributed by atoms with E-state index in [2.05, 4.69) is 10.6 Å². The molecule has 2 amide bonds. The first kappa shape index (κ1) is 20.8. The highest BCUT2D eigenvalue weighted by Crippen LogP contribution is 2.22. The fraction of sp³-hybridized carbons (Fsp3) is 0.217. The van der Waals surface area contributed by atoms with Gasteiger partial charge in [0.05, 0.1) is 13.1 Å². The van der Waals surface area contributed by atoms with E-state index < -0.39 is 0 Å². The minimum atomic E-state index is -0.142. The molecule has 0 aliphatic carbocycles. The van der Waals surface area contributed by atoms with E-state index in [1.165, 1.54) is 0 Å². The van der Waals surface area contributed by atoms with Gasteiger partial charge in [-0.3, -0.25) is 14.5 Å². The highest BCUT2D eigenvalue weighted by Gasteiger charge is 2.16. The monoisotopic (exact) mass is 407 g/mol. The van der Waals surface area contributed by atoms with E-state index in [1.54, 1.807) is 23.5 Å². The van der Waals surface area contributed by atoms with E-state index in [-0.39, 0.29) is 17.9 Å². The zero-order valence-corrected chi connectivity index (χ0v) is 17.4. The van der Waals surface area contributed by atoms with Gasteiger partial charge in [-0.1, -0.05) is 36.4 Å². The molecule has 0 unspecified atom stereocenters. The summed E-state index contributed by atoms with van der Waals surface area (Å²) in [5.74, 6) is -0.155. The number of hydrogen-bond acceptors (Lipinski definition) is 4. The molecule has 0 aliphatic heterocycles. The van der Waals surface area contributed by atoms with Crippen LogP contribution in [-0.4, -0.2) is 30.3 Å². The second-order valence-electron chi connectivity index (χ2n) is 6.89. The Bertz CT molecular complexity index is 942. The third kappa shape index (κ3) is 6.01. The Morgan fingerprint density at radius 2 is 1.83 bits per heavy atom. The number of rotatable bonds is 8. The van der Waals surface area contributed by atoms with Crippen LogP contribution in [0.25, 0.3) is 0 Å². The summed E-state index contributed by atoms with van der Waals surface area (Å²) < 4.78 is 0. The summed E-state index contributed by atoms with van der Waals surface area (Å²) >= 11 is 1.63. The van der Waals surface area contributed by atoms with Crippen LogP contribution in [0.3, 0.4) is 0 Å². The van der Waals surface area contributed by atoms with Crippen LogP contribution in [0, 0.1) is 0 Å². The molecule has 1 aromatic heterocycles.